The summed E-state index contributed by atoms with van der Waals surface area (Å²) in [7, 11) is 0. The Labute approximate surface area is 92.4 Å². The van der Waals surface area contributed by atoms with Crippen LogP contribution in [0.4, 0.5) is 17.6 Å². The van der Waals surface area contributed by atoms with E-state index in [9.17, 15) is 17.6 Å². The highest BCUT2D eigenvalue weighted by molar-refractivity contribution is 7.10. The van der Waals surface area contributed by atoms with Gasteiger partial charge in [-0.05, 0) is 24.3 Å². The van der Waals surface area contributed by atoms with Crippen LogP contribution in [-0.2, 0) is 6.18 Å². The molecule has 2 rings (SSSR count). The molecule has 16 heavy (non-hydrogen) atoms. The minimum Gasteiger partial charge on any atom is -0.232 e. The molecule has 1 heterocycles. The summed E-state index contributed by atoms with van der Waals surface area (Å²) in [5.41, 5.74) is 0.672. The lowest BCUT2D eigenvalue weighted by molar-refractivity contribution is -0.137. The van der Waals surface area contributed by atoms with Gasteiger partial charge in [0.1, 0.15) is 5.82 Å². The van der Waals surface area contributed by atoms with Gasteiger partial charge in [-0.25, -0.2) is 9.37 Å². The van der Waals surface area contributed by atoms with E-state index in [1.54, 1.807) is 0 Å². The standard InChI is InChI=1S/C10H5F4NS/c11-7-3-1-6(2-4-7)8-5-16-9(15-8)10(12,13)14/h1-5H. The third kappa shape index (κ3) is 2.21. The summed E-state index contributed by atoms with van der Waals surface area (Å²) >= 11 is 0.526. The minimum atomic E-state index is -4.43. The Morgan fingerprint density at radius 2 is 1.69 bits per heavy atom. The van der Waals surface area contributed by atoms with Crippen LogP contribution >= 0.6 is 11.3 Å². The summed E-state index contributed by atoms with van der Waals surface area (Å²) in [6.07, 6.45) is -4.43. The quantitative estimate of drug-likeness (QED) is 0.695. The topological polar surface area (TPSA) is 12.9 Å². The molecule has 0 saturated carbocycles. The van der Waals surface area contributed by atoms with E-state index >= 15 is 0 Å². The summed E-state index contributed by atoms with van der Waals surface area (Å²) in [6, 6.07) is 5.15. The summed E-state index contributed by atoms with van der Waals surface area (Å²) in [4.78, 5) is 3.45. The molecule has 0 saturated heterocycles. The van der Waals surface area contributed by atoms with Crippen molar-refractivity contribution in [3.8, 4) is 11.3 Å². The maximum atomic E-state index is 12.6. The predicted molar refractivity (Wildman–Crippen MR) is 52.5 cm³/mol. The molecule has 0 fully saturated rings. The molecule has 0 aliphatic heterocycles. The Hall–Kier alpha value is -1.43. The smallest absolute Gasteiger partial charge is 0.232 e. The summed E-state index contributed by atoms with van der Waals surface area (Å²) in [6.45, 7) is 0. The first kappa shape index (κ1) is 11.1. The first-order chi connectivity index (χ1) is 7.47. The molecule has 1 nitrogen and oxygen atoms in total. The van der Waals surface area contributed by atoms with Crippen molar-refractivity contribution in [1.29, 1.82) is 0 Å². The lowest BCUT2D eigenvalue weighted by Crippen LogP contribution is -2.03. The molecule has 0 aliphatic rings. The summed E-state index contributed by atoms with van der Waals surface area (Å²) < 4.78 is 49.4. The Balaban J connectivity index is 2.35. The Morgan fingerprint density at radius 1 is 1.06 bits per heavy atom. The van der Waals surface area contributed by atoms with Gasteiger partial charge in [0.05, 0.1) is 5.69 Å². The van der Waals surface area contributed by atoms with Gasteiger partial charge in [-0.1, -0.05) is 0 Å². The molecule has 6 heteroatoms. The number of benzene rings is 1. The van der Waals surface area contributed by atoms with E-state index in [0.29, 0.717) is 16.9 Å². The number of nitrogens with zero attached hydrogens (tertiary/aromatic N) is 1. The zero-order valence-electron chi connectivity index (χ0n) is 7.75. The van der Waals surface area contributed by atoms with Crippen molar-refractivity contribution in [2.75, 3.05) is 0 Å². The molecule has 0 atom stereocenters. The monoisotopic (exact) mass is 247 g/mol. The summed E-state index contributed by atoms with van der Waals surface area (Å²) in [5, 5.41) is 0.405. The van der Waals surface area contributed by atoms with Crippen LogP contribution in [-0.4, -0.2) is 4.98 Å². The van der Waals surface area contributed by atoms with Crippen LogP contribution in [0.1, 0.15) is 5.01 Å². The average molecular weight is 247 g/mol. The number of aromatic nitrogens is 1. The number of alkyl halides is 3. The SMILES string of the molecule is Fc1ccc(-c2csc(C(F)(F)F)n2)cc1. The van der Waals surface area contributed by atoms with Crippen LogP contribution in [0.5, 0.6) is 0 Å². The average Bonchev–Trinajstić information content (AvgIpc) is 2.67. The molecule has 0 bridgehead atoms. The van der Waals surface area contributed by atoms with E-state index in [1.165, 1.54) is 29.6 Å². The molecular formula is C10H5F4NS. The number of hydrogen-bond donors (Lipinski definition) is 0. The zero-order chi connectivity index (χ0) is 11.8. The Kier molecular flexibility index (Phi) is 2.67. The van der Waals surface area contributed by atoms with Gasteiger partial charge >= 0.3 is 6.18 Å². The minimum absolute atomic E-state index is 0.206. The second-order valence-electron chi connectivity index (χ2n) is 3.04. The van der Waals surface area contributed by atoms with E-state index in [1.807, 2.05) is 0 Å². The molecule has 0 amide bonds. The molecule has 0 N–H and O–H groups in total. The number of thiazole rings is 1. The van der Waals surface area contributed by atoms with Crippen molar-refractivity contribution >= 4 is 11.3 Å². The Morgan fingerprint density at radius 3 is 2.19 bits per heavy atom. The van der Waals surface area contributed by atoms with Gasteiger partial charge in [0, 0.05) is 10.9 Å². The van der Waals surface area contributed by atoms with Gasteiger partial charge in [0.25, 0.3) is 0 Å². The predicted octanol–water partition coefficient (Wildman–Crippen LogP) is 3.97. The summed E-state index contributed by atoms with van der Waals surface area (Å²) in [5.74, 6) is -0.435. The largest absolute Gasteiger partial charge is 0.443 e. The second-order valence-corrected chi connectivity index (χ2v) is 3.90. The van der Waals surface area contributed by atoms with Crippen LogP contribution in [0.2, 0.25) is 0 Å². The normalized spacial score (nSPS) is 11.8. The first-order valence-electron chi connectivity index (χ1n) is 4.25. The van der Waals surface area contributed by atoms with Gasteiger partial charge in [-0.3, -0.25) is 0 Å². The molecule has 0 spiro atoms. The zero-order valence-corrected chi connectivity index (χ0v) is 8.57. The van der Waals surface area contributed by atoms with Crippen LogP contribution in [0, 0.1) is 5.82 Å². The Bertz CT molecular complexity index is 486. The second kappa shape index (κ2) is 3.86. The lowest BCUT2D eigenvalue weighted by atomic mass is 10.2. The molecule has 84 valence electrons. The highest BCUT2D eigenvalue weighted by Gasteiger charge is 2.34. The maximum Gasteiger partial charge on any atom is 0.443 e. The van der Waals surface area contributed by atoms with Crippen LogP contribution in [0.15, 0.2) is 29.6 Å². The molecule has 0 aliphatic carbocycles. The molecule has 1 aromatic heterocycles. The highest BCUT2D eigenvalue weighted by atomic mass is 32.1. The highest BCUT2D eigenvalue weighted by Crippen LogP contribution is 2.34. The van der Waals surface area contributed by atoms with Crippen molar-refractivity contribution in [2.45, 2.75) is 6.18 Å². The van der Waals surface area contributed by atoms with Crippen molar-refractivity contribution in [3.63, 3.8) is 0 Å². The van der Waals surface area contributed by atoms with Crippen molar-refractivity contribution in [2.24, 2.45) is 0 Å². The van der Waals surface area contributed by atoms with Crippen molar-refractivity contribution in [1.82, 2.24) is 4.98 Å². The third-order valence-corrected chi connectivity index (χ3v) is 2.77. The van der Waals surface area contributed by atoms with E-state index in [0.717, 1.165) is 0 Å². The molecule has 0 radical (unpaired) electrons. The van der Waals surface area contributed by atoms with E-state index in [4.69, 9.17) is 0 Å². The third-order valence-electron chi connectivity index (χ3n) is 1.89. The van der Waals surface area contributed by atoms with Crippen molar-refractivity contribution < 1.29 is 17.6 Å². The van der Waals surface area contributed by atoms with Crippen LogP contribution in [0.3, 0.4) is 0 Å². The van der Waals surface area contributed by atoms with Gasteiger partial charge in [-0.15, -0.1) is 11.3 Å². The number of hydrogen-bond acceptors (Lipinski definition) is 2. The van der Waals surface area contributed by atoms with E-state index in [-0.39, 0.29) is 5.69 Å². The number of halogens is 4. The van der Waals surface area contributed by atoms with Gasteiger partial charge in [0.15, 0.2) is 5.01 Å². The maximum absolute atomic E-state index is 12.6. The van der Waals surface area contributed by atoms with E-state index < -0.39 is 17.0 Å². The fourth-order valence-electron chi connectivity index (χ4n) is 1.16. The number of rotatable bonds is 1. The van der Waals surface area contributed by atoms with Gasteiger partial charge in [0.2, 0.25) is 0 Å². The first-order valence-corrected chi connectivity index (χ1v) is 5.13. The molecule has 0 unspecified atom stereocenters. The molecule has 1 aromatic carbocycles. The van der Waals surface area contributed by atoms with Crippen LogP contribution < -0.4 is 0 Å². The fourth-order valence-corrected chi connectivity index (χ4v) is 1.85. The van der Waals surface area contributed by atoms with Crippen LogP contribution in [0.25, 0.3) is 11.3 Å². The lowest BCUT2D eigenvalue weighted by Gasteiger charge is -1.99. The fraction of sp³-hybridized carbons (Fsp3) is 0.100. The van der Waals surface area contributed by atoms with Gasteiger partial charge in [-0.2, -0.15) is 13.2 Å². The molecular weight excluding hydrogens is 242 g/mol. The van der Waals surface area contributed by atoms with E-state index in [2.05, 4.69) is 4.98 Å². The van der Waals surface area contributed by atoms with Crippen molar-refractivity contribution in [3.05, 3.63) is 40.5 Å². The van der Waals surface area contributed by atoms with Gasteiger partial charge < -0.3 is 0 Å². The molecule has 2 aromatic rings.